The Hall–Kier alpha value is -1.95. The number of benzene rings is 1. The van der Waals surface area contributed by atoms with Crippen LogP contribution in [0.2, 0.25) is 0 Å². The van der Waals surface area contributed by atoms with E-state index in [1.165, 1.54) is 12.1 Å². The van der Waals surface area contributed by atoms with E-state index in [-0.39, 0.29) is 11.4 Å². The summed E-state index contributed by atoms with van der Waals surface area (Å²) in [5.41, 5.74) is -0.0983. The maximum Gasteiger partial charge on any atom is 0.311 e. The molecule has 86 valence electrons. The number of nitrogens with zero attached hydrogens (tertiary/aromatic N) is 2. The van der Waals surface area contributed by atoms with Gasteiger partial charge in [-0.25, -0.2) is 4.98 Å². The monoisotopic (exact) mass is 294 g/mol. The molecule has 0 saturated heterocycles. The Morgan fingerprint density at radius 1 is 1.29 bits per heavy atom. The van der Waals surface area contributed by atoms with Crippen LogP contribution < -0.4 is 4.74 Å². The number of pyridine rings is 1. The van der Waals surface area contributed by atoms with Crippen molar-refractivity contribution in [1.82, 2.24) is 4.98 Å². The molecular weight excluding hydrogens is 288 g/mol. The Labute approximate surface area is 105 Å². The van der Waals surface area contributed by atoms with Crippen molar-refractivity contribution in [1.29, 1.82) is 0 Å². The van der Waals surface area contributed by atoms with Crippen LogP contribution in [-0.2, 0) is 0 Å². The van der Waals surface area contributed by atoms with Crippen LogP contribution in [0.25, 0.3) is 0 Å². The van der Waals surface area contributed by atoms with Gasteiger partial charge in [0.2, 0.25) is 11.6 Å². The number of hydrogen-bond acceptors (Lipinski definition) is 4. The minimum Gasteiger partial charge on any atom is -0.432 e. The predicted octanol–water partition coefficient (Wildman–Crippen LogP) is 3.54. The molecule has 5 nitrogen and oxygen atoms in total. The van der Waals surface area contributed by atoms with Crippen LogP contribution in [0, 0.1) is 10.1 Å². The van der Waals surface area contributed by atoms with Crippen LogP contribution in [0.4, 0.5) is 5.69 Å². The number of halogens is 1. The van der Waals surface area contributed by atoms with Crippen molar-refractivity contribution in [2.24, 2.45) is 0 Å². The maximum absolute atomic E-state index is 10.8. The molecule has 0 N–H and O–H groups in total. The lowest BCUT2D eigenvalue weighted by Gasteiger charge is -2.05. The van der Waals surface area contributed by atoms with Gasteiger partial charge in [0.1, 0.15) is 0 Å². The lowest BCUT2D eigenvalue weighted by Crippen LogP contribution is -1.94. The first-order valence-electron chi connectivity index (χ1n) is 4.69. The SMILES string of the molecule is O=[N+]([O-])c1ccc(Br)cc1Oc1ccccn1. The zero-order valence-corrected chi connectivity index (χ0v) is 10.1. The summed E-state index contributed by atoms with van der Waals surface area (Å²) in [7, 11) is 0. The van der Waals surface area contributed by atoms with E-state index in [2.05, 4.69) is 20.9 Å². The highest BCUT2D eigenvalue weighted by atomic mass is 79.9. The van der Waals surface area contributed by atoms with Crippen molar-refractivity contribution in [3.05, 3.63) is 57.2 Å². The minimum atomic E-state index is -0.495. The topological polar surface area (TPSA) is 65.3 Å². The molecule has 2 aromatic rings. The fraction of sp³-hybridized carbons (Fsp3) is 0. The zero-order valence-electron chi connectivity index (χ0n) is 8.54. The van der Waals surface area contributed by atoms with Crippen molar-refractivity contribution in [3.63, 3.8) is 0 Å². The highest BCUT2D eigenvalue weighted by Gasteiger charge is 2.16. The molecule has 0 bridgehead atoms. The van der Waals surface area contributed by atoms with E-state index in [1.54, 1.807) is 30.5 Å². The van der Waals surface area contributed by atoms with Gasteiger partial charge in [-0.3, -0.25) is 10.1 Å². The van der Waals surface area contributed by atoms with E-state index >= 15 is 0 Å². The Kier molecular flexibility index (Phi) is 3.34. The third-order valence-electron chi connectivity index (χ3n) is 1.97. The molecule has 0 aliphatic heterocycles. The Bertz CT molecular complexity index is 546. The smallest absolute Gasteiger partial charge is 0.311 e. The van der Waals surface area contributed by atoms with E-state index < -0.39 is 4.92 Å². The first kappa shape index (κ1) is 11.5. The Balaban J connectivity index is 2.37. The van der Waals surface area contributed by atoms with Gasteiger partial charge in [-0.15, -0.1) is 0 Å². The van der Waals surface area contributed by atoms with Gasteiger partial charge in [0.25, 0.3) is 0 Å². The number of rotatable bonds is 3. The Morgan fingerprint density at radius 2 is 2.12 bits per heavy atom. The molecule has 0 aliphatic rings. The van der Waals surface area contributed by atoms with Crippen LogP contribution in [0.5, 0.6) is 11.6 Å². The quantitative estimate of drug-likeness (QED) is 0.641. The summed E-state index contributed by atoms with van der Waals surface area (Å²) in [5, 5.41) is 10.8. The number of aromatic nitrogens is 1. The van der Waals surface area contributed by atoms with E-state index in [4.69, 9.17) is 4.74 Å². The number of hydrogen-bond donors (Lipinski definition) is 0. The first-order valence-corrected chi connectivity index (χ1v) is 5.49. The molecule has 0 atom stereocenters. The molecule has 1 heterocycles. The van der Waals surface area contributed by atoms with Crippen molar-refractivity contribution in [2.75, 3.05) is 0 Å². The van der Waals surface area contributed by atoms with E-state index in [1.807, 2.05) is 0 Å². The molecule has 0 amide bonds. The highest BCUT2D eigenvalue weighted by molar-refractivity contribution is 9.10. The highest BCUT2D eigenvalue weighted by Crippen LogP contribution is 2.32. The number of nitro groups is 1. The predicted molar refractivity (Wildman–Crippen MR) is 65.1 cm³/mol. The van der Waals surface area contributed by atoms with Crippen molar-refractivity contribution in [2.45, 2.75) is 0 Å². The molecule has 0 aliphatic carbocycles. The largest absolute Gasteiger partial charge is 0.432 e. The summed E-state index contributed by atoms with van der Waals surface area (Å²) in [6.45, 7) is 0. The molecular formula is C11H7BrN2O3. The van der Waals surface area contributed by atoms with Gasteiger partial charge >= 0.3 is 5.69 Å². The van der Waals surface area contributed by atoms with Crippen LogP contribution in [-0.4, -0.2) is 9.91 Å². The Morgan fingerprint density at radius 3 is 2.76 bits per heavy atom. The molecule has 6 heteroatoms. The van der Waals surface area contributed by atoms with E-state index in [9.17, 15) is 10.1 Å². The van der Waals surface area contributed by atoms with Gasteiger partial charge in [-0.2, -0.15) is 0 Å². The van der Waals surface area contributed by atoms with Crippen LogP contribution in [0.3, 0.4) is 0 Å². The van der Waals surface area contributed by atoms with Gasteiger partial charge in [-0.1, -0.05) is 22.0 Å². The van der Waals surface area contributed by atoms with E-state index in [0.29, 0.717) is 10.4 Å². The summed E-state index contributed by atoms with van der Waals surface area (Å²) >= 11 is 3.24. The third-order valence-corrected chi connectivity index (χ3v) is 2.46. The second-order valence-electron chi connectivity index (χ2n) is 3.14. The molecule has 0 saturated carbocycles. The molecule has 0 radical (unpaired) electrons. The average Bonchev–Trinajstić information content (AvgIpc) is 2.30. The normalized spacial score (nSPS) is 9.94. The third kappa shape index (κ3) is 2.79. The van der Waals surface area contributed by atoms with Crippen LogP contribution >= 0.6 is 15.9 Å². The number of nitro benzene ring substituents is 1. The number of ether oxygens (including phenoxy) is 1. The summed E-state index contributed by atoms with van der Waals surface area (Å²) in [4.78, 5) is 14.3. The molecule has 0 fully saturated rings. The fourth-order valence-corrected chi connectivity index (χ4v) is 1.58. The van der Waals surface area contributed by atoms with Crippen LogP contribution in [0.15, 0.2) is 47.1 Å². The molecule has 1 aromatic heterocycles. The van der Waals surface area contributed by atoms with Crippen LogP contribution in [0.1, 0.15) is 0 Å². The first-order chi connectivity index (χ1) is 8.16. The summed E-state index contributed by atoms with van der Waals surface area (Å²) in [6.07, 6.45) is 1.55. The molecule has 0 spiro atoms. The summed E-state index contributed by atoms with van der Waals surface area (Å²) in [6, 6.07) is 9.61. The van der Waals surface area contributed by atoms with E-state index in [0.717, 1.165) is 0 Å². The van der Waals surface area contributed by atoms with Gasteiger partial charge in [0, 0.05) is 28.9 Å². The average molecular weight is 295 g/mol. The van der Waals surface area contributed by atoms with Crippen molar-refractivity contribution >= 4 is 21.6 Å². The summed E-state index contributed by atoms with van der Waals surface area (Å²) < 4.78 is 6.07. The second-order valence-corrected chi connectivity index (χ2v) is 4.05. The van der Waals surface area contributed by atoms with Gasteiger partial charge < -0.3 is 4.74 Å². The van der Waals surface area contributed by atoms with Gasteiger partial charge in [0.05, 0.1) is 4.92 Å². The zero-order chi connectivity index (χ0) is 12.3. The molecule has 1 aromatic carbocycles. The lowest BCUT2D eigenvalue weighted by molar-refractivity contribution is -0.385. The lowest BCUT2D eigenvalue weighted by atomic mass is 10.3. The molecule has 17 heavy (non-hydrogen) atoms. The van der Waals surface area contributed by atoms with Crippen molar-refractivity contribution < 1.29 is 9.66 Å². The summed E-state index contributed by atoms with van der Waals surface area (Å²) in [5.74, 6) is 0.469. The van der Waals surface area contributed by atoms with Gasteiger partial charge in [0.15, 0.2) is 0 Å². The molecule has 2 rings (SSSR count). The minimum absolute atomic E-state index is 0.0983. The maximum atomic E-state index is 10.8. The molecule has 0 unspecified atom stereocenters. The fourth-order valence-electron chi connectivity index (χ4n) is 1.24. The van der Waals surface area contributed by atoms with Gasteiger partial charge in [-0.05, 0) is 12.1 Å². The standard InChI is InChI=1S/C11H7BrN2O3/c12-8-4-5-9(14(15)16)10(7-8)17-11-3-1-2-6-13-11/h1-7H. The van der Waals surface area contributed by atoms with Crippen molar-refractivity contribution in [3.8, 4) is 11.6 Å². The second kappa shape index (κ2) is 4.92.